The van der Waals surface area contributed by atoms with E-state index in [0.717, 1.165) is 98.9 Å². The van der Waals surface area contributed by atoms with Gasteiger partial charge in [0.05, 0.1) is 33.5 Å². The lowest BCUT2D eigenvalue weighted by Crippen LogP contribution is -2.44. The number of hydrogen-bond donors (Lipinski definition) is 2. The average Bonchev–Trinajstić information content (AvgIpc) is 3.98. The summed E-state index contributed by atoms with van der Waals surface area (Å²) in [6, 6.07) is 23.0. The van der Waals surface area contributed by atoms with E-state index in [9.17, 15) is 14.4 Å². The van der Waals surface area contributed by atoms with Crippen molar-refractivity contribution >= 4 is 33.6 Å². The second-order valence-corrected chi connectivity index (χ2v) is 13.6. The minimum absolute atomic E-state index is 0.0557. The summed E-state index contributed by atoms with van der Waals surface area (Å²) < 4.78 is 11.6. The highest BCUT2D eigenvalue weighted by molar-refractivity contribution is 6.12. The van der Waals surface area contributed by atoms with Crippen LogP contribution in [0, 0.1) is 0 Å². The third-order valence-corrected chi connectivity index (χ3v) is 10.6. The summed E-state index contributed by atoms with van der Waals surface area (Å²) in [6.45, 7) is 11.2. The number of carbonyl (C=O) groups excluding carboxylic acids is 2. The van der Waals surface area contributed by atoms with E-state index in [0.29, 0.717) is 41.2 Å². The fourth-order valence-electron chi connectivity index (χ4n) is 7.95. The Labute approximate surface area is 300 Å². The number of rotatable bonds is 7. The molecule has 6 aromatic rings. The maximum Gasteiger partial charge on any atom is 0.281 e. The highest BCUT2D eigenvalue weighted by atomic mass is 16.5. The van der Waals surface area contributed by atoms with Crippen molar-refractivity contribution in [3.63, 3.8) is 0 Å². The van der Waals surface area contributed by atoms with Gasteiger partial charge in [0.2, 0.25) is 0 Å². The summed E-state index contributed by atoms with van der Waals surface area (Å²) in [7, 11) is 0. The molecule has 0 bridgehead atoms. The molecule has 8 heterocycles. The first kappa shape index (κ1) is 32.5. The molecule has 4 aliphatic rings. The molecule has 12 nitrogen and oxygen atoms in total. The number of benzene rings is 2. The number of hydrogen-bond acceptors (Lipinski definition) is 9. The van der Waals surface area contributed by atoms with Gasteiger partial charge in [0, 0.05) is 95.2 Å². The molecule has 52 heavy (non-hydrogen) atoms. The van der Waals surface area contributed by atoms with Gasteiger partial charge in [-0.3, -0.25) is 33.3 Å². The Kier molecular flexibility index (Phi) is 8.51. The van der Waals surface area contributed by atoms with E-state index in [-0.39, 0.29) is 17.2 Å². The summed E-state index contributed by atoms with van der Waals surface area (Å²) in [4.78, 5) is 48.2. The molecule has 12 heteroatoms. The highest BCUT2D eigenvalue weighted by Gasteiger charge is 2.34. The van der Waals surface area contributed by atoms with Crippen molar-refractivity contribution in [3.8, 4) is 28.3 Å². The third kappa shape index (κ3) is 5.55. The molecule has 0 radical (unpaired) electrons. The monoisotopic (exact) mass is 696 g/mol. The maximum atomic E-state index is 13.1. The molecule has 2 aromatic carbocycles. The van der Waals surface area contributed by atoms with Gasteiger partial charge in [0.15, 0.2) is 5.43 Å². The summed E-state index contributed by atoms with van der Waals surface area (Å²) in [5.41, 5.74) is 5.51. The van der Waals surface area contributed by atoms with Gasteiger partial charge >= 0.3 is 0 Å². The smallest absolute Gasteiger partial charge is 0.281 e. The average molecular weight is 697 g/mol. The van der Waals surface area contributed by atoms with Crippen LogP contribution in [0.3, 0.4) is 0 Å². The minimum Gasteiger partial charge on any atom is -0.491 e. The zero-order valence-corrected chi connectivity index (χ0v) is 28.9. The lowest BCUT2D eigenvalue weighted by atomic mass is 10.1. The minimum atomic E-state index is -0.108. The first-order valence-electron chi connectivity index (χ1n) is 18.1. The van der Waals surface area contributed by atoms with Crippen LogP contribution < -0.4 is 20.8 Å². The van der Waals surface area contributed by atoms with Crippen LogP contribution in [0.2, 0.25) is 0 Å². The van der Waals surface area contributed by atoms with Gasteiger partial charge in [-0.15, -0.1) is 0 Å². The molecule has 0 aliphatic carbocycles. The molecule has 4 aliphatic heterocycles. The molecule has 0 spiro atoms. The molecule has 10 rings (SSSR count). The SMILES string of the molecule is O=C1c2c(c(=O)c3ccccc3n2CCN2CCNCC2)-c2cccn21.O=C1c2nc3ccccc3c(OCCN3CCNCC3)c2-c2cccn21. The number of carbonyl (C=O) groups is 2. The van der Waals surface area contributed by atoms with Crippen LogP contribution in [0.15, 0.2) is 90.0 Å². The second-order valence-electron chi connectivity index (χ2n) is 13.6. The number of piperazine rings is 2. The van der Waals surface area contributed by atoms with Crippen LogP contribution in [0.25, 0.3) is 44.3 Å². The quantitative estimate of drug-likeness (QED) is 0.259. The van der Waals surface area contributed by atoms with E-state index < -0.39 is 0 Å². The predicted molar refractivity (Wildman–Crippen MR) is 200 cm³/mol. The maximum absolute atomic E-state index is 13.1. The van der Waals surface area contributed by atoms with Crippen molar-refractivity contribution in [2.45, 2.75) is 6.54 Å². The fourth-order valence-corrected chi connectivity index (χ4v) is 7.95. The van der Waals surface area contributed by atoms with Gasteiger partial charge in [0.25, 0.3) is 11.8 Å². The zero-order chi connectivity index (χ0) is 35.2. The van der Waals surface area contributed by atoms with Gasteiger partial charge in [-0.05, 0) is 48.5 Å². The summed E-state index contributed by atoms with van der Waals surface area (Å²) in [6.07, 6.45) is 3.52. The van der Waals surface area contributed by atoms with Crippen LogP contribution in [-0.4, -0.2) is 112 Å². The van der Waals surface area contributed by atoms with E-state index in [1.807, 2.05) is 77.4 Å². The molecule has 2 fully saturated rings. The van der Waals surface area contributed by atoms with E-state index >= 15 is 0 Å². The first-order chi connectivity index (χ1) is 25.6. The van der Waals surface area contributed by atoms with Gasteiger partial charge in [-0.2, -0.15) is 0 Å². The summed E-state index contributed by atoms with van der Waals surface area (Å²) in [5, 5.41) is 8.35. The van der Waals surface area contributed by atoms with Crippen molar-refractivity contribution in [1.29, 1.82) is 0 Å². The van der Waals surface area contributed by atoms with E-state index in [4.69, 9.17) is 4.74 Å². The molecular formula is C40H40N8O4. The number of nitrogens with zero attached hydrogens (tertiary/aromatic N) is 6. The molecule has 0 amide bonds. The largest absolute Gasteiger partial charge is 0.491 e. The van der Waals surface area contributed by atoms with Crippen molar-refractivity contribution in [1.82, 2.24) is 39.1 Å². The summed E-state index contributed by atoms with van der Waals surface area (Å²) >= 11 is 0. The van der Waals surface area contributed by atoms with Crippen LogP contribution in [0.1, 0.15) is 21.0 Å². The van der Waals surface area contributed by atoms with Crippen molar-refractivity contribution in [2.75, 3.05) is 72.1 Å². The molecular weight excluding hydrogens is 656 g/mol. The summed E-state index contributed by atoms with van der Waals surface area (Å²) in [5.74, 6) is 0.576. The lowest BCUT2D eigenvalue weighted by molar-refractivity contribution is 0.0954. The Hall–Kier alpha value is -5.40. The number of ether oxygens (including phenoxy) is 1. The van der Waals surface area contributed by atoms with Crippen LogP contribution in [-0.2, 0) is 6.54 Å². The number of fused-ring (bicyclic) bond motifs is 8. The Morgan fingerprint density at radius 2 is 1.25 bits per heavy atom. The predicted octanol–water partition coefficient (Wildman–Crippen LogP) is 3.37. The second kappa shape index (κ2) is 13.6. The number of para-hydroxylation sites is 2. The molecule has 4 aromatic heterocycles. The van der Waals surface area contributed by atoms with Gasteiger partial charge < -0.3 is 19.9 Å². The lowest BCUT2D eigenvalue weighted by Gasteiger charge is -2.28. The number of pyridine rings is 2. The fraction of sp³-hybridized carbons (Fsp3) is 0.300. The van der Waals surface area contributed by atoms with Gasteiger partial charge in [-0.25, -0.2) is 4.98 Å². The molecule has 0 unspecified atom stereocenters. The van der Waals surface area contributed by atoms with Crippen molar-refractivity contribution < 1.29 is 14.3 Å². The molecule has 0 saturated carbocycles. The highest BCUT2D eigenvalue weighted by Crippen LogP contribution is 2.42. The van der Waals surface area contributed by atoms with Crippen molar-refractivity contribution in [2.24, 2.45) is 0 Å². The first-order valence-corrected chi connectivity index (χ1v) is 18.1. The Balaban J connectivity index is 0.000000138. The van der Waals surface area contributed by atoms with Crippen molar-refractivity contribution in [3.05, 3.63) is 107 Å². The number of aromatic nitrogens is 4. The molecule has 2 saturated heterocycles. The number of nitrogens with one attached hydrogen (secondary N) is 2. The van der Waals surface area contributed by atoms with Crippen LogP contribution >= 0.6 is 0 Å². The Morgan fingerprint density at radius 1 is 0.635 bits per heavy atom. The Morgan fingerprint density at radius 3 is 1.98 bits per heavy atom. The Bertz CT molecular complexity index is 2400. The topological polar surface area (TPSA) is 119 Å². The van der Waals surface area contributed by atoms with E-state index in [1.54, 1.807) is 21.5 Å². The van der Waals surface area contributed by atoms with Gasteiger partial charge in [-0.1, -0.05) is 24.3 Å². The third-order valence-electron chi connectivity index (χ3n) is 10.6. The molecule has 2 N–H and O–H groups in total. The van der Waals surface area contributed by atoms with E-state index in [2.05, 4.69) is 25.4 Å². The van der Waals surface area contributed by atoms with Crippen LogP contribution in [0.5, 0.6) is 5.75 Å². The molecule has 264 valence electrons. The zero-order valence-electron chi connectivity index (χ0n) is 28.9. The normalized spacial score (nSPS) is 16.8. The standard InChI is InChI=1S/2C20H20N4O2/c25-20-18-17(16-6-3-9-24(16)20)19(14-4-1-2-5-15(14)22-18)26-13-12-23-10-7-21-8-11-23;25-19-14-4-1-2-5-15(14)23(13-12-22-10-7-21-8-11-22)18-17(19)16-6-3-9-24(16)20(18)26/h2*1-6,9,21H,7-8,10-13H2. The molecule has 0 atom stereocenters. The van der Waals surface area contributed by atoms with E-state index in [1.165, 1.54) is 0 Å². The van der Waals surface area contributed by atoms with Gasteiger partial charge in [0.1, 0.15) is 23.7 Å². The van der Waals surface area contributed by atoms with Crippen LogP contribution in [0.4, 0.5) is 0 Å².